The minimum absolute atomic E-state index is 0.0313. The molecule has 0 radical (unpaired) electrons. The zero-order valence-corrected chi connectivity index (χ0v) is 11.6. The van der Waals surface area contributed by atoms with Crippen LogP contribution >= 0.6 is 11.8 Å². The van der Waals surface area contributed by atoms with Crippen LogP contribution in [0.15, 0.2) is 46.2 Å². The van der Waals surface area contributed by atoms with Gasteiger partial charge in [-0.15, -0.1) is 0 Å². The molecular formula is C14H9F3N2OS. The van der Waals surface area contributed by atoms with Gasteiger partial charge in [-0.25, -0.2) is 4.98 Å². The first-order valence-corrected chi connectivity index (χ1v) is 7.19. The topological polar surface area (TPSA) is 38.9 Å². The number of hydrogen-bond acceptors (Lipinski definition) is 4. The lowest BCUT2D eigenvalue weighted by Crippen LogP contribution is -2.10. The molecule has 1 aromatic carbocycles. The van der Waals surface area contributed by atoms with Crippen molar-refractivity contribution < 1.29 is 17.6 Å². The summed E-state index contributed by atoms with van der Waals surface area (Å²) in [5.74, 6) is 0. The molecule has 0 saturated carbocycles. The van der Waals surface area contributed by atoms with Gasteiger partial charge in [-0.3, -0.25) is 0 Å². The predicted molar refractivity (Wildman–Crippen MR) is 74.0 cm³/mol. The SMILES string of the molecule is CSc1nc(C(F)(F)F)c2c(-c3ccccc3)coc2n1. The summed E-state index contributed by atoms with van der Waals surface area (Å²) < 4.78 is 45.0. The normalized spacial score (nSPS) is 12.0. The molecule has 0 aliphatic heterocycles. The highest BCUT2D eigenvalue weighted by Gasteiger charge is 2.37. The van der Waals surface area contributed by atoms with Crippen molar-refractivity contribution in [3.05, 3.63) is 42.3 Å². The van der Waals surface area contributed by atoms with Crippen LogP contribution in [0.4, 0.5) is 13.2 Å². The second-order valence-corrected chi connectivity index (χ2v) is 5.03. The number of aromatic nitrogens is 2. The predicted octanol–water partition coefficient (Wildman–Crippen LogP) is 4.63. The van der Waals surface area contributed by atoms with Crippen molar-refractivity contribution in [1.29, 1.82) is 0 Å². The average Bonchev–Trinajstić information content (AvgIpc) is 2.89. The Morgan fingerprint density at radius 3 is 2.43 bits per heavy atom. The number of fused-ring (bicyclic) bond motifs is 1. The van der Waals surface area contributed by atoms with Gasteiger partial charge >= 0.3 is 6.18 Å². The Bertz CT molecular complexity index is 784. The van der Waals surface area contributed by atoms with Gasteiger partial charge in [-0.05, 0) is 11.8 Å². The van der Waals surface area contributed by atoms with E-state index in [0.717, 1.165) is 11.8 Å². The third-order valence-electron chi connectivity index (χ3n) is 2.95. The van der Waals surface area contributed by atoms with Gasteiger partial charge in [-0.2, -0.15) is 18.2 Å². The summed E-state index contributed by atoms with van der Waals surface area (Å²) in [6, 6.07) is 8.72. The molecule has 0 saturated heterocycles. The first kappa shape index (κ1) is 13.9. The summed E-state index contributed by atoms with van der Waals surface area (Å²) in [5.41, 5.74) is -0.0576. The highest BCUT2D eigenvalue weighted by atomic mass is 32.2. The second-order valence-electron chi connectivity index (χ2n) is 4.25. The lowest BCUT2D eigenvalue weighted by Gasteiger charge is -2.09. The molecule has 0 spiro atoms. The number of furan rings is 1. The van der Waals surface area contributed by atoms with Crippen molar-refractivity contribution in [1.82, 2.24) is 9.97 Å². The Balaban J connectivity index is 2.34. The molecule has 108 valence electrons. The maximum absolute atomic E-state index is 13.3. The van der Waals surface area contributed by atoms with Gasteiger partial charge in [0.25, 0.3) is 0 Å². The van der Waals surface area contributed by atoms with Gasteiger partial charge in [0.1, 0.15) is 6.26 Å². The zero-order valence-electron chi connectivity index (χ0n) is 10.8. The summed E-state index contributed by atoms with van der Waals surface area (Å²) in [4.78, 5) is 7.62. The molecule has 0 N–H and O–H groups in total. The maximum atomic E-state index is 13.3. The monoisotopic (exact) mass is 310 g/mol. The molecule has 3 nitrogen and oxygen atoms in total. The molecule has 0 aliphatic rings. The van der Waals surface area contributed by atoms with Crippen molar-refractivity contribution in [2.45, 2.75) is 11.3 Å². The van der Waals surface area contributed by atoms with E-state index < -0.39 is 11.9 Å². The summed E-state index contributed by atoms with van der Waals surface area (Å²) in [6.07, 6.45) is -1.67. The van der Waals surface area contributed by atoms with Crippen LogP contribution in [-0.2, 0) is 6.18 Å². The summed E-state index contributed by atoms with van der Waals surface area (Å²) in [5, 5.41) is -0.0738. The second kappa shape index (κ2) is 5.07. The standard InChI is InChI=1S/C14H9F3N2OS/c1-21-13-18-11(14(15,16)17)10-9(7-20-12(10)19-13)8-5-3-2-4-6-8/h2-7H,1H3. The van der Waals surface area contributed by atoms with Crippen LogP contribution in [0.1, 0.15) is 5.69 Å². The molecule has 0 amide bonds. The summed E-state index contributed by atoms with van der Waals surface area (Å²) >= 11 is 1.04. The Kier molecular flexibility index (Phi) is 3.36. The zero-order chi connectivity index (χ0) is 15.0. The molecule has 21 heavy (non-hydrogen) atoms. The first-order valence-electron chi connectivity index (χ1n) is 5.96. The fraction of sp³-hybridized carbons (Fsp3) is 0.143. The van der Waals surface area contributed by atoms with Crippen LogP contribution in [0.25, 0.3) is 22.2 Å². The first-order chi connectivity index (χ1) is 10.0. The maximum Gasteiger partial charge on any atom is 0.434 e. The molecule has 3 rings (SSSR count). The highest BCUT2D eigenvalue weighted by molar-refractivity contribution is 7.98. The van der Waals surface area contributed by atoms with Gasteiger partial charge in [0.05, 0.1) is 5.39 Å². The van der Waals surface area contributed by atoms with Crippen LogP contribution in [0.5, 0.6) is 0 Å². The minimum atomic E-state index is -4.57. The highest BCUT2D eigenvalue weighted by Crippen LogP contribution is 2.39. The number of alkyl halides is 3. The molecule has 0 aliphatic carbocycles. The van der Waals surface area contributed by atoms with E-state index in [-0.39, 0.29) is 16.3 Å². The van der Waals surface area contributed by atoms with E-state index in [9.17, 15) is 13.2 Å². The van der Waals surface area contributed by atoms with E-state index in [1.54, 1.807) is 36.6 Å². The quantitative estimate of drug-likeness (QED) is 0.511. The third-order valence-corrected chi connectivity index (χ3v) is 3.50. The van der Waals surface area contributed by atoms with E-state index >= 15 is 0 Å². The molecule has 0 unspecified atom stereocenters. The smallest absolute Gasteiger partial charge is 0.434 e. The lowest BCUT2D eigenvalue weighted by atomic mass is 10.0. The molecule has 2 heterocycles. The van der Waals surface area contributed by atoms with E-state index in [1.807, 2.05) is 0 Å². The third kappa shape index (κ3) is 2.49. The average molecular weight is 310 g/mol. The van der Waals surface area contributed by atoms with Gasteiger partial charge in [0.15, 0.2) is 10.9 Å². The molecule has 2 aromatic heterocycles. The van der Waals surface area contributed by atoms with E-state index in [0.29, 0.717) is 11.1 Å². The molecule has 3 aromatic rings. The Hall–Kier alpha value is -2.02. The molecule has 0 atom stereocenters. The van der Waals surface area contributed by atoms with E-state index in [2.05, 4.69) is 9.97 Å². The molecule has 7 heteroatoms. The van der Waals surface area contributed by atoms with Crippen LogP contribution < -0.4 is 0 Å². The number of benzene rings is 1. The largest absolute Gasteiger partial charge is 0.445 e. The Labute approximate surface area is 122 Å². The molecular weight excluding hydrogens is 301 g/mol. The lowest BCUT2D eigenvalue weighted by molar-refractivity contribution is -0.140. The fourth-order valence-electron chi connectivity index (χ4n) is 2.05. The van der Waals surface area contributed by atoms with Crippen LogP contribution in [-0.4, -0.2) is 16.2 Å². The van der Waals surface area contributed by atoms with Crippen molar-refractivity contribution in [3.63, 3.8) is 0 Å². The van der Waals surface area contributed by atoms with Crippen molar-refractivity contribution in [2.75, 3.05) is 6.26 Å². The Morgan fingerprint density at radius 1 is 1.10 bits per heavy atom. The van der Waals surface area contributed by atoms with Crippen LogP contribution in [0.3, 0.4) is 0 Å². The number of hydrogen-bond donors (Lipinski definition) is 0. The Morgan fingerprint density at radius 2 is 1.81 bits per heavy atom. The number of rotatable bonds is 2. The van der Waals surface area contributed by atoms with E-state index in [4.69, 9.17) is 4.42 Å². The van der Waals surface area contributed by atoms with Crippen LogP contribution in [0.2, 0.25) is 0 Å². The van der Waals surface area contributed by atoms with Gasteiger partial charge in [0.2, 0.25) is 5.71 Å². The van der Waals surface area contributed by atoms with Gasteiger partial charge in [-0.1, -0.05) is 42.1 Å². The fourth-order valence-corrected chi connectivity index (χ4v) is 2.41. The number of nitrogens with zero attached hydrogens (tertiary/aromatic N) is 2. The number of thioether (sulfide) groups is 1. The summed E-state index contributed by atoms with van der Waals surface area (Å²) in [6.45, 7) is 0. The summed E-state index contributed by atoms with van der Waals surface area (Å²) in [7, 11) is 0. The molecule has 0 fully saturated rings. The molecule has 0 bridgehead atoms. The van der Waals surface area contributed by atoms with Gasteiger partial charge in [0, 0.05) is 5.56 Å². The van der Waals surface area contributed by atoms with Crippen molar-refractivity contribution in [2.24, 2.45) is 0 Å². The number of halogens is 3. The van der Waals surface area contributed by atoms with E-state index in [1.165, 1.54) is 6.26 Å². The van der Waals surface area contributed by atoms with Crippen molar-refractivity contribution in [3.8, 4) is 11.1 Å². The minimum Gasteiger partial charge on any atom is -0.445 e. The van der Waals surface area contributed by atoms with Gasteiger partial charge < -0.3 is 4.42 Å². The van der Waals surface area contributed by atoms with Crippen molar-refractivity contribution >= 4 is 22.9 Å². The van der Waals surface area contributed by atoms with Crippen LogP contribution in [0, 0.1) is 0 Å².